The average molecular weight is 197 g/mol. The van der Waals surface area contributed by atoms with Crippen molar-refractivity contribution >= 4 is 5.97 Å². The van der Waals surface area contributed by atoms with Gasteiger partial charge in [0.1, 0.15) is 5.54 Å². The standard InChI is InChI=1S/C11H19NO2/c1-10(2)4-3-7-12(8-10)11(5-6-11)9(13)14/h3-8H2,1-2H3,(H,13,14). The molecule has 0 aromatic carbocycles. The number of rotatable bonds is 2. The summed E-state index contributed by atoms with van der Waals surface area (Å²) in [7, 11) is 0. The molecule has 2 aliphatic rings. The van der Waals surface area contributed by atoms with Gasteiger partial charge in [-0.25, -0.2) is 0 Å². The second-order valence-electron chi connectivity index (χ2n) is 5.53. The molecule has 0 amide bonds. The van der Waals surface area contributed by atoms with E-state index in [0.29, 0.717) is 5.41 Å². The summed E-state index contributed by atoms with van der Waals surface area (Å²) in [6, 6.07) is 0. The van der Waals surface area contributed by atoms with Crippen molar-refractivity contribution in [3.05, 3.63) is 0 Å². The van der Waals surface area contributed by atoms with E-state index in [0.717, 1.165) is 32.4 Å². The van der Waals surface area contributed by atoms with Gasteiger partial charge in [-0.3, -0.25) is 9.69 Å². The third-order valence-corrected chi connectivity index (χ3v) is 3.63. The van der Waals surface area contributed by atoms with Crippen LogP contribution in [0.4, 0.5) is 0 Å². The summed E-state index contributed by atoms with van der Waals surface area (Å²) in [6.45, 7) is 6.38. The summed E-state index contributed by atoms with van der Waals surface area (Å²) in [5.41, 5.74) is -0.180. The summed E-state index contributed by atoms with van der Waals surface area (Å²) in [4.78, 5) is 13.3. The minimum absolute atomic E-state index is 0.295. The van der Waals surface area contributed by atoms with Crippen molar-refractivity contribution in [2.75, 3.05) is 13.1 Å². The summed E-state index contributed by atoms with van der Waals surface area (Å²) in [5, 5.41) is 9.18. The number of carbonyl (C=O) groups is 1. The van der Waals surface area contributed by atoms with E-state index in [9.17, 15) is 9.90 Å². The third kappa shape index (κ3) is 1.54. The lowest BCUT2D eigenvalue weighted by Gasteiger charge is -2.41. The Labute approximate surface area is 85.1 Å². The number of aliphatic carboxylic acids is 1. The predicted octanol–water partition coefficient (Wildman–Crippen LogP) is 1.73. The van der Waals surface area contributed by atoms with Crippen LogP contribution in [-0.4, -0.2) is 34.6 Å². The van der Waals surface area contributed by atoms with Gasteiger partial charge in [-0.05, 0) is 37.6 Å². The van der Waals surface area contributed by atoms with Crippen molar-refractivity contribution in [1.82, 2.24) is 4.90 Å². The fraction of sp³-hybridized carbons (Fsp3) is 0.909. The molecule has 3 heteroatoms. The molecule has 0 spiro atoms. The number of likely N-dealkylation sites (tertiary alicyclic amines) is 1. The average Bonchev–Trinajstić information content (AvgIpc) is 2.81. The molecule has 1 aliphatic carbocycles. The van der Waals surface area contributed by atoms with Gasteiger partial charge in [0, 0.05) is 6.54 Å². The van der Waals surface area contributed by atoms with Crippen molar-refractivity contribution < 1.29 is 9.90 Å². The van der Waals surface area contributed by atoms with Crippen LogP contribution in [-0.2, 0) is 4.79 Å². The van der Waals surface area contributed by atoms with E-state index in [2.05, 4.69) is 18.7 Å². The minimum atomic E-state index is -0.616. The zero-order valence-corrected chi connectivity index (χ0v) is 9.05. The molecule has 0 atom stereocenters. The lowest BCUT2D eigenvalue weighted by atomic mass is 9.83. The Morgan fingerprint density at radius 2 is 1.93 bits per heavy atom. The predicted molar refractivity (Wildman–Crippen MR) is 54.2 cm³/mol. The zero-order chi connectivity index (χ0) is 10.4. The van der Waals surface area contributed by atoms with Crippen molar-refractivity contribution in [2.24, 2.45) is 5.41 Å². The van der Waals surface area contributed by atoms with E-state index in [-0.39, 0.29) is 0 Å². The smallest absolute Gasteiger partial charge is 0.324 e. The maximum atomic E-state index is 11.2. The number of nitrogens with zero attached hydrogens (tertiary/aromatic N) is 1. The van der Waals surface area contributed by atoms with Crippen LogP contribution in [0.25, 0.3) is 0 Å². The summed E-state index contributed by atoms with van der Waals surface area (Å²) in [5.74, 6) is -0.616. The van der Waals surface area contributed by atoms with E-state index in [1.807, 2.05) is 0 Å². The highest BCUT2D eigenvalue weighted by Crippen LogP contribution is 2.45. The quantitative estimate of drug-likeness (QED) is 0.733. The largest absolute Gasteiger partial charge is 0.480 e. The first-order valence-corrected chi connectivity index (χ1v) is 5.45. The summed E-state index contributed by atoms with van der Waals surface area (Å²) < 4.78 is 0. The zero-order valence-electron chi connectivity index (χ0n) is 9.05. The number of carboxylic acid groups (broad SMARTS) is 1. The van der Waals surface area contributed by atoms with Crippen LogP contribution in [0.5, 0.6) is 0 Å². The Morgan fingerprint density at radius 1 is 1.29 bits per heavy atom. The molecule has 80 valence electrons. The van der Waals surface area contributed by atoms with Gasteiger partial charge in [-0.1, -0.05) is 13.8 Å². The van der Waals surface area contributed by atoms with Crippen LogP contribution >= 0.6 is 0 Å². The van der Waals surface area contributed by atoms with Gasteiger partial charge in [-0.15, -0.1) is 0 Å². The van der Waals surface area contributed by atoms with E-state index in [1.54, 1.807) is 0 Å². The summed E-state index contributed by atoms with van der Waals surface area (Å²) >= 11 is 0. The molecule has 1 saturated carbocycles. The molecular formula is C11H19NO2. The molecule has 0 radical (unpaired) electrons. The maximum Gasteiger partial charge on any atom is 0.324 e. The molecule has 3 nitrogen and oxygen atoms in total. The van der Waals surface area contributed by atoms with Crippen molar-refractivity contribution in [3.8, 4) is 0 Å². The molecule has 14 heavy (non-hydrogen) atoms. The number of hydrogen-bond donors (Lipinski definition) is 1. The van der Waals surface area contributed by atoms with Gasteiger partial charge in [0.2, 0.25) is 0 Å². The van der Waals surface area contributed by atoms with E-state index >= 15 is 0 Å². The van der Waals surface area contributed by atoms with Crippen LogP contribution in [0.15, 0.2) is 0 Å². The van der Waals surface area contributed by atoms with E-state index < -0.39 is 11.5 Å². The highest BCUT2D eigenvalue weighted by molar-refractivity contribution is 5.82. The topological polar surface area (TPSA) is 40.5 Å². The van der Waals surface area contributed by atoms with Crippen molar-refractivity contribution in [3.63, 3.8) is 0 Å². The second-order valence-corrected chi connectivity index (χ2v) is 5.53. The third-order valence-electron chi connectivity index (χ3n) is 3.63. The van der Waals surface area contributed by atoms with E-state index in [1.165, 1.54) is 6.42 Å². The van der Waals surface area contributed by atoms with Crippen molar-refractivity contribution in [2.45, 2.75) is 45.1 Å². The molecule has 2 rings (SSSR count). The SMILES string of the molecule is CC1(C)CCCN(C2(C(=O)O)CC2)C1. The summed E-state index contributed by atoms with van der Waals surface area (Å²) in [6.07, 6.45) is 4.05. The lowest BCUT2D eigenvalue weighted by molar-refractivity contribution is -0.146. The first-order valence-electron chi connectivity index (χ1n) is 5.45. The number of hydrogen-bond acceptors (Lipinski definition) is 2. The number of carboxylic acids is 1. The molecule has 1 aliphatic heterocycles. The fourth-order valence-electron chi connectivity index (χ4n) is 2.57. The molecule has 0 bridgehead atoms. The first kappa shape index (κ1) is 9.97. The van der Waals surface area contributed by atoms with Gasteiger partial charge < -0.3 is 5.11 Å². The van der Waals surface area contributed by atoms with Gasteiger partial charge >= 0.3 is 5.97 Å². The normalized spacial score (nSPS) is 29.9. The Morgan fingerprint density at radius 3 is 2.36 bits per heavy atom. The van der Waals surface area contributed by atoms with E-state index in [4.69, 9.17) is 0 Å². The molecule has 0 aromatic rings. The molecule has 2 fully saturated rings. The highest BCUT2D eigenvalue weighted by Gasteiger charge is 2.56. The van der Waals surface area contributed by atoms with Crippen LogP contribution in [0.1, 0.15) is 39.5 Å². The van der Waals surface area contributed by atoms with Crippen LogP contribution < -0.4 is 0 Å². The van der Waals surface area contributed by atoms with Crippen LogP contribution in [0.3, 0.4) is 0 Å². The van der Waals surface area contributed by atoms with Crippen LogP contribution in [0, 0.1) is 5.41 Å². The highest BCUT2D eigenvalue weighted by atomic mass is 16.4. The molecule has 1 heterocycles. The van der Waals surface area contributed by atoms with Gasteiger partial charge in [-0.2, -0.15) is 0 Å². The van der Waals surface area contributed by atoms with Gasteiger partial charge in [0.15, 0.2) is 0 Å². The Bertz CT molecular complexity index is 256. The molecular weight excluding hydrogens is 178 g/mol. The Balaban J connectivity index is 2.08. The fourth-order valence-corrected chi connectivity index (χ4v) is 2.57. The first-order chi connectivity index (χ1) is 6.46. The molecule has 1 saturated heterocycles. The minimum Gasteiger partial charge on any atom is -0.480 e. The molecule has 0 aromatic heterocycles. The van der Waals surface area contributed by atoms with Crippen molar-refractivity contribution in [1.29, 1.82) is 0 Å². The van der Waals surface area contributed by atoms with Crippen LogP contribution in [0.2, 0.25) is 0 Å². The van der Waals surface area contributed by atoms with Gasteiger partial charge in [0.05, 0.1) is 0 Å². The molecule has 1 N–H and O–H groups in total. The molecule has 0 unspecified atom stereocenters. The maximum absolute atomic E-state index is 11.2. The monoisotopic (exact) mass is 197 g/mol. The lowest BCUT2D eigenvalue weighted by Crippen LogP contribution is -2.50. The van der Waals surface area contributed by atoms with Gasteiger partial charge in [0.25, 0.3) is 0 Å². The second kappa shape index (κ2) is 2.96. The number of piperidine rings is 1. The Kier molecular flexibility index (Phi) is 2.11. The Hall–Kier alpha value is -0.570.